The Labute approximate surface area is 123 Å². The van der Waals surface area contributed by atoms with Crippen LogP contribution in [0, 0.1) is 0 Å². The van der Waals surface area contributed by atoms with Crippen LogP contribution in [0.15, 0.2) is 53.3 Å². The summed E-state index contributed by atoms with van der Waals surface area (Å²) >= 11 is 9.21. The van der Waals surface area contributed by atoms with Crippen LogP contribution in [0.3, 0.4) is 0 Å². The lowest BCUT2D eigenvalue weighted by Gasteiger charge is -2.06. The van der Waals surface area contributed by atoms with E-state index in [0.29, 0.717) is 16.8 Å². The summed E-state index contributed by atoms with van der Waals surface area (Å²) in [4.78, 5) is 7.96. The average molecular weight is 336 g/mol. The van der Waals surface area contributed by atoms with Crippen molar-refractivity contribution in [3.63, 3.8) is 0 Å². The number of rotatable bonds is 2. The Morgan fingerprint density at radius 2 is 1.79 bits per heavy atom. The van der Waals surface area contributed by atoms with Gasteiger partial charge in [0.15, 0.2) is 5.15 Å². The molecule has 0 aliphatic rings. The van der Waals surface area contributed by atoms with Crippen LogP contribution in [-0.2, 0) is 0 Å². The smallest absolute Gasteiger partial charge is 0.239 e. The van der Waals surface area contributed by atoms with Crippen molar-refractivity contribution in [2.24, 2.45) is 0 Å². The highest BCUT2D eigenvalue weighted by Crippen LogP contribution is 2.26. The van der Waals surface area contributed by atoms with E-state index in [1.54, 1.807) is 0 Å². The zero-order valence-corrected chi connectivity index (χ0v) is 12.0. The van der Waals surface area contributed by atoms with Crippen molar-refractivity contribution in [2.75, 3.05) is 0 Å². The molecule has 0 N–H and O–H groups in total. The predicted molar refractivity (Wildman–Crippen MR) is 78.8 cm³/mol. The summed E-state index contributed by atoms with van der Waals surface area (Å²) < 4.78 is 6.68. The Kier molecular flexibility index (Phi) is 3.36. The topological polar surface area (TPSA) is 35.0 Å². The zero-order chi connectivity index (χ0) is 13.2. The van der Waals surface area contributed by atoms with Crippen molar-refractivity contribution >= 4 is 38.3 Å². The number of fused-ring (bicyclic) bond motifs is 1. The summed E-state index contributed by atoms with van der Waals surface area (Å²) in [5.41, 5.74) is 0. The summed E-state index contributed by atoms with van der Waals surface area (Å²) in [7, 11) is 0. The van der Waals surface area contributed by atoms with Crippen LogP contribution in [0.4, 0.5) is 0 Å². The molecule has 0 aliphatic heterocycles. The van der Waals surface area contributed by atoms with Gasteiger partial charge in [0.25, 0.3) is 0 Å². The Morgan fingerprint density at radius 1 is 1.00 bits per heavy atom. The largest absolute Gasteiger partial charge is 0.437 e. The predicted octanol–water partition coefficient (Wildman–Crippen LogP) is 4.84. The molecule has 0 amide bonds. The fraction of sp³-hybridized carbons (Fsp3) is 0. The standard InChI is InChI=1S/C14H8BrClN2O/c15-11-3-1-10-6-12(4-2-9(10)5-11)19-14-8-17-7-13(16)18-14/h1-8H. The van der Waals surface area contributed by atoms with Gasteiger partial charge < -0.3 is 4.74 Å². The molecule has 0 bridgehead atoms. The normalized spacial score (nSPS) is 10.6. The number of aromatic nitrogens is 2. The SMILES string of the molecule is Clc1cncc(Oc2ccc3cc(Br)ccc3c2)n1. The highest BCUT2D eigenvalue weighted by Gasteiger charge is 2.02. The third-order valence-corrected chi connectivity index (χ3v) is 3.25. The maximum atomic E-state index is 5.76. The van der Waals surface area contributed by atoms with Crippen molar-refractivity contribution < 1.29 is 4.74 Å². The Morgan fingerprint density at radius 3 is 2.63 bits per heavy atom. The van der Waals surface area contributed by atoms with Gasteiger partial charge in [-0.3, -0.25) is 4.98 Å². The van der Waals surface area contributed by atoms with Gasteiger partial charge in [-0.25, -0.2) is 0 Å². The van der Waals surface area contributed by atoms with E-state index in [2.05, 4.69) is 32.0 Å². The number of ether oxygens (including phenoxy) is 1. The Bertz CT molecular complexity index is 748. The number of nitrogens with zero attached hydrogens (tertiary/aromatic N) is 2. The molecular weight excluding hydrogens is 328 g/mol. The molecule has 5 heteroatoms. The first-order valence-electron chi connectivity index (χ1n) is 5.55. The molecule has 0 unspecified atom stereocenters. The summed E-state index contributed by atoms with van der Waals surface area (Å²) in [5.74, 6) is 1.08. The number of hydrogen-bond donors (Lipinski definition) is 0. The van der Waals surface area contributed by atoms with Gasteiger partial charge in [0.1, 0.15) is 5.75 Å². The van der Waals surface area contributed by atoms with E-state index in [4.69, 9.17) is 16.3 Å². The maximum absolute atomic E-state index is 5.76. The van der Waals surface area contributed by atoms with E-state index in [9.17, 15) is 0 Å². The monoisotopic (exact) mass is 334 g/mol. The van der Waals surface area contributed by atoms with Crippen LogP contribution in [0.25, 0.3) is 10.8 Å². The lowest BCUT2D eigenvalue weighted by Crippen LogP contribution is -1.89. The quantitative estimate of drug-likeness (QED) is 0.672. The lowest BCUT2D eigenvalue weighted by atomic mass is 10.1. The van der Waals surface area contributed by atoms with Crippen LogP contribution in [0.5, 0.6) is 11.6 Å². The maximum Gasteiger partial charge on any atom is 0.239 e. The van der Waals surface area contributed by atoms with Crippen LogP contribution in [0.1, 0.15) is 0 Å². The van der Waals surface area contributed by atoms with E-state index in [-0.39, 0.29) is 0 Å². The van der Waals surface area contributed by atoms with Gasteiger partial charge >= 0.3 is 0 Å². The zero-order valence-electron chi connectivity index (χ0n) is 9.68. The Hall–Kier alpha value is -1.65. The molecule has 19 heavy (non-hydrogen) atoms. The van der Waals surface area contributed by atoms with E-state index >= 15 is 0 Å². The molecule has 94 valence electrons. The highest BCUT2D eigenvalue weighted by molar-refractivity contribution is 9.10. The summed E-state index contributed by atoms with van der Waals surface area (Å²) in [5, 5.41) is 2.54. The van der Waals surface area contributed by atoms with Crippen LogP contribution in [-0.4, -0.2) is 9.97 Å². The third-order valence-electron chi connectivity index (χ3n) is 2.58. The molecule has 1 aromatic heterocycles. The van der Waals surface area contributed by atoms with E-state index in [0.717, 1.165) is 15.2 Å². The minimum Gasteiger partial charge on any atom is -0.437 e. The fourth-order valence-electron chi connectivity index (χ4n) is 1.75. The molecule has 0 radical (unpaired) electrons. The van der Waals surface area contributed by atoms with Crippen molar-refractivity contribution in [3.05, 3.63) is 58.4 Å². The van der Waals surface area contributed by atoms with E-state index in [1.165, 1.54) is 12.4 Å². The van der Waals surface area contributed by atoms with E-state index < -0.39 is 0 Å². The van der Waals surface area contributed by atoms with Gasteiger partial charge in [0, 0.05) is 4.47 Å². The van der Waals surface area contributed by atoms with Gasteiger partial charge in [-0.15, -0.1) is 0 Å². The van der Waals surface area contributed by atoms with Gasteiger partial charge in [-0.2, -0.15) is 4.98 Å². The highest BCUT2D eigenvalue weighted by atomic mass is 79.9. The first-order valence-corrected chi connectivity index (χ1v) is 6.72. The van der Waals surface area contributed by atoms with Gasteiger partial charge in [-0.1, -0.05) is 39.7 Å². The summed E-state index contributed by atoms with van der Waals surface area (Å²) in [6.07, 6.45) is 2.99. The molecule has 3 aromatic rings. The van der Waals surface area contributed by atoms with Crippen LogP contribution < -0.4 is 4.74 Å². The third kappa shape index (κ3) is 2.85. The molecule has 0 spiro atoms. The second-order valence-corrected chi connectivity index (χ2v) is 5.24. The Balaban J connectivity index is 1.95. The van der Waals surface area contributed by atoms with Crippen LogP contribution >= 0.6 is 27.5 Å². The second kappa shape index (κ2) is 5.15. The fourth-order valence-corrected chi connectivity index (χ4v) is 2.27. The second-order valence-electron chi connectivity index (χ2n) is 3.94. The molecule has 0 saturated carbocycles. The molecule has 0 atom stereocenters. The molecule has 3 rings (SSSR count). The molecular formula is C14H8BrClN2O. The number of halogens is 2. The molecule has 0 saturated heterocycles. The van der Waals surface area contributed by atoms with Crippen LogP contribution in [0.2, 0.25) is 5.15 Å². The lowest BCUT2D eigenvalue weighted by molar-refractivity contribution is 0.461. The molecule has 0 aliphatic carbocycles. The summed E-state index contributed by atoms with van der Waals surface area (Å²) in [6, 6.07) is 11.9. The van der Waals surface area contributed by atoms with E-state index in [1.807, 2.05) is 30.3 Å². The number of benzene rings is 2. The van der Waals surface area contributed by atoms with Gasteiger partial charge in [0.2, 0.25) is 5.88 Å². The minimum atomic E-state index is 0.308. The van der Waals surface area contributed by atoms with Crippen molar-refractivity contribution in [3.8, 4) is 11.6 Å². The first-order chi connectivity index (χ1) is 9.20. The van der Waals surface area contributed by atoms with Gasteiger partial charge in [-0.05, 0) is 35.0 Å². The van der Waals surface area contributed by atoms with Crippen molar-refractivity contribution in [2.45, 2.75) is 0 Å². The summed E-state index contributed by atoms with van der Waals surface area (Å²) in [6.45, 7) is 0. The molecule has 2 aromatic carbocycles. The molecule has 3 nitrogen and oxygen atoms in total. The first kappa shape index (κ1) is 12.4. The minimum absolute atomic E-state index is 0.308. The molecule has 1 heterocycles. The van der Waals surface area contributed by atoms with Crippen molar-refractivity contribution in [1.82, 2.24) is 9.97 Å². The van der Waals surface area contributed by atoms with Crippen molar-refractivity contribution in [1.29, 1.82) is 0 Å². The molecule has 0 fully saturated rings. The van der Waals surface area contributed by atoms with Gasteiger partial charge in [0.05, 0.1) is 12.4 Å². The number of hydrogen-bond acceptors (Lipinski definition) is 3. The average Bonchev–Trinajstić information content (AvgIpc) is 2.39.